The van der Waals surface area contributed by atoms with E-state index in [2.05, 4.69) is 15.4 Å². The zero-order chi connectivity index (χ0) is 15.9. The molecule has 1 heterocycles. The molecule has 8 heteroatoms. The number of carbonyl (C=O) groups is 2. The van der Waals surface area contributed by atoms with Gasteiger partial charge in [0.15, 0.2) is 12.4 Å². The molecule has 0 spiro atoms. The molecule has 0 fully saturated rings. The van der Waals surface area contributed by atoms with E-state index in [1.54, 1.807) is 23.0 Å². The summed E-state index contributed by atoms with van der Waals surface area (Å²) in [6.07, 6.45) is 2.87. The van der Waals surface area contributed by atoms with Gasteiger partial charge < -0.3 is 27.6 Å². The van der Waals surface area contributed by atoms with Crippen molar-refractivity contribution in [1.29, 1.82) is 0 Å². The third kappa shape index (κ3) is 5.48. The van der Waals surface area contributed by atoms with E-state index >= 15 is 0 Å². The monoisotopic (exact) mass is 337 g/mol. The van der Waals surface area contributed by atoms with Crippen LogP contribution in [-0.4, -0.2) is 24.2 Å². The third-order valence-electron chi connectivity index (χ3n) is 2.81. The quantitative estimate of drug-likeness (QED) is 0.468. The van der Waals surface area contributed by atoms with Crippen LogP contribution in [0.4, 0.5) is 16.2 Å². The van der Waals surface area contributed by atoms with Crippen LogP contribution in [0.1, 0.15) is 0 Å². The highest BCUT2D eigenvalue weighted by Gasteiger charge is 2.11. The molecule has 0 unspecified atom stereocenters. The van der Waals surface area contributed by atoms with E-state index in [-0.39, 0.29) is 36.3 Å². The molecule has 0 bridgehead atoms. The SMILES string of the molecule is COC(=O)Nc1ccc(NC(=O)C[n+]2ccccc2)cc1O.[Cl-]. The fourth-order valence-corrected chi connectivity index (χ4v) is 1.78. The summed E-state index contributed by atoms with van der Waals surface area (Å²) in [4.78, 5) is 23.0. The average Bonchev–Trinajstić information content (AvgIpc) is 2.50. The van der Waals surface area contributed by atoms with Gasteiger partial charge in [-0.25, -0.2) is 4.79 Å². The Morgan fingerprint density at radius 1 is 1.17 bits per heavy atom. The number of pyridine rings is 1. The number of hydrogen-bond acceptors (Lipinski definition) is 4. The maximum atomic E-state index is 11.9. The average molecular weight is 338 g/mol. The first-order chi connectivity index (χ1) is 10.6. The number of methoxy groups -OCH3 is 1. The molecule has 0 aliphatic rings. The van der Waals surface area contributed by atoms with Gasteiger partial charge >= 0.3 is 6.09 Å². The minimum Gasteiger partial charge on any atom is -1.00 e. The maximum Gasteiger partial charge on any atom is 0.411 e. The Labute approximate surface area is 139 Å². The number of amides is 2. The van der Waals surface area contributed by atoms with Gasteiger partial charge in [0, 0.05) is 23.9 Å². The van der Waals surface area contributed by atoms with Crippen LogP contribution in [0.25, 0.3) is 0 Å². The number of nitrogens with one attached hydrogen (secondary N) is 2. The Bertz CT molecular complexity index is 680. The van der Waals surface area contributed by atoms with Gasteiger partial charge in [-0.1, -0.05) is 6.07 Å². The van der Waals surface area contributed by atoms with Gasteiger partial charge in [-0.2, -0.15) is 4.57 Å². The lowest BCUT2D eigenvalue weighted by molar-refractivity contribution is -0.684. The van der Waals surface area contributed by atoms with Crippen molar-refractivity contribution < 1.29 is 36.4 Å². The first kappa shape index (κ1) is 18.2. The molecule has 0 radical (unpaired) electrons. The standard InChI is InChI=1S/C15H15N3O4.ClH/c1-22-15(21)17-12-6-5-11(9-13(12)19)16-14(20)10-18-7-3-2-4-8-18;/h2-9H,10H2,1H3,(H2-,16,17,19,20,21);1H. The molecule has 7 nitrogen and oxygen atoms in total. The second-order valence-electron chi connectivity index (χ2n) is 4.44. The highest BCUT2D eigenvalue weighted by atomic mass is 35.5. The Balaban J connectivity index is 0.00000264. The van der Waals surface area contributed by atoms with Gasteiger partial charge in [0.25, 0.3) is 5.91 Å². The number of ether oxygens (including phenoxy) is 1. The van der Waals surface area contributed by atoms with Crippen LogP contribution in [-0.2, 0) is 16.1 Å². The summed E-state index contributed by atoms with van der Waals surface area (Å²) >= 11 is 0. The number of rotatable bonds is 4. The predicted molar refractivity (Wildman–Crippen MR) is 79.4 cm³/mol. The molecule has 0 aliphatic carbocycles. The number of benzene rings is 1. The smallest absolute Gasteiger partial charge is 0.411 e. The molecule has 2 rings (SSSR count). The van der Waals surface area contributed by atoms with Crippen molar-refractivity contribution in [3.05, 3.63) is 48.8 Å². The van der Waals surface area contributed by atoms with Gasteiger partial charge in [0.1, 0.15) is 5.75 Å². The lowest BCUT2D eigenvalue weighted by Gasteiger charge is -2.08. The summed E-state index contributed by atoms with van der Waals surface area (Å²) < 4.78 is 6.16. The van der Waals surface area contributed by atoms with Crippen LogP contribution in [0.2, 0.25) is 0 Å². The molecule has 122 valence electrons. The summed E-state index contributed by atoms with van der Waals surface area (Å²) in [6, 6.07) is 9.90. The lowest BCUT2D eigenvalue weighted by Crippen LogP contribution is -3.00. The lowest BCUT2D eigenvalue weighted by atomic mass is 10.2. The van der Waals surface area contributed by atoms with Crippen molar-refractivity contribution in [3.8, 4) is 5.75 Å². The molecule has 2 aromatic rings. The first-order valence-corrected chi connectivity index (χ1v) is 6.50. The number of aromatic hydroxyl groups is 1. The van der Waals surface area contributed by atoms with Crippen LogP contribution in [0.5, 0.6) is 5.75 Å². The molecule has 0 aliphatic heterocycles. The van der Waals surface area contributed by atoms with Gasteiger partial charge in [-0.15, -0.1) is 0 Å². The molecule has 1 aromatic heterocycles. The number of hydrogen-bond donors (Lipinski definition) is 3. The minimum absolute atomic E-state index is 0. The van der Waals surface area contributed by atoms with E-state index in [0.29, 0.717) is 5.69 Å². The van der Waals surface area contributed by atoms with E-state index in [1.165, 1.54) is 19.2 Å². The summed E-state index contributed by atoms with van der Waals surface area (Å²) in [7, 11) is 1.22. The molecule has 3 N–H and O–H groups in total. The summed E-state index contributed by atoms with van der Waals surface area (Å²) in [6.45, 7) is 0.157. The van der Waals surface area contributed by atoms with Crippen LogP contribution in [0, 0.1) is 0 Å². The first-order valence-electron chi connectivity index (χ1n) is 6.50. The minimum atomic E-state index is -0.687. The largest absolute Gasteiger partial charge is 1.00 e. The van der Waals surface area contributed by atoms with Crippen LogP contribution in [0.15, 0.2) is 48.8 Å². The van der Waals surface area contributed by atoms with Crippen molar-refractivity contribution in [1.82, 2.24) is 0 Å². The summed E-state index contributed by atoms with van der Waals surface area (Å²) in [5, 5.41) is 14.8. The normalized spacial score (nSPS) is 9.43. The maximum absolute atomic E-state index is 11.9. The molecule has 0 saturated carbocycles. The second-order valence-corrected chi connectivity index (χ2v) is 4.44. The van der Waals surface area contributed by atoms with Gasteiger partial charge in [0.05, 0.1) is 12.8 Å². The van der Waals surface area contributed by atoms with Crippen molar-refractivity contribution in [3.63, 3.8) is 0 Å². The third-order valence-corrected chi connectivity index (χ3v) is 2.81. The van der Waals surface area contributed by atoms with Gasteiger partial charge in [-0.3, -0.25) is 10.1 Å². The molecule has 1 aromatic carbocycles. The highest BCUT2D eigenvalue weighted by molar-refractivity contribution is 5.91. The van der Waals surface area contributed by atoms with Crippen molar-refractivity contribution in [2.24, 2.45) is 0 Å². The van der Waals surface area contributed by atoms with E-state index in [0.717, 1.165) is 0 Å². The molecule has 2 amide bonds. The topological polar surface area (TPSA) is 91.5 Å². The van der Waals surface area contributed by atoms with Crippen LogP contribution < -0.4 is 27.6 Å². The Kier molecular flexibility index (Phi) is 6.82. The van der Waals surface area contributed by atoms with E-state index < -0.39 is 6.09 Å². The number of halogens is 1. The number of phenols is 1. The number of anilines is 2. The summed E-state index contributed by atoms with van der Waals surface area (Å²) in [5.41, 5.74) is 0.622. The van der Waals surface area contributed by atoms with Gasteiger partial charge in [0.2, 0.25) is 6.54 Å². The number of nitrogens with zero attached hydrogens (tertiary/aromatic N) is 1. The molecule has 0 saturated heterocycles. The number of carbonyl (C=O) groups excluding carboxylic acids is 2. The van der Waals surface area contributed by atoms with Crippen molar-refractivity contribution in [2.45, 2.75) is 6.54 Å². The fraction of sp³-hybridized carbons (Fsp3) is 0.133. The molecular formula is C15H16ClN3O4. The van der Waals surface area contributed by atoms with Crippen molar-refractivity contribution in [2.75, 3.05) is 17.7 Å². The second kappa shape index (κ2) is 8.60. The molecular weight excluding hydrogens is 322 g/mol. The highest BCUT2D eigenvalue weighted by Crippen LogP contribution is 2.26. The van der Waals surface area contributed by atoms with Crippen LogP contribution in [0.3, 0.4) is 0 Å². The Morgan fingerprint density at radius 2 is 1.87 bits per heavy atom. The molecule has 0 atom stereocenters. The molecule has 23 heavy (non-hydrogen) atoms. The Hall–Kier alpha value is -2.80. The predicted octanol–water partition coefficient (Wildman–Crippen LogP) is -1.50. The number of phenolic OH excluding ortho intramolecular Hbond substituents is 1. The summed E-state index contributed by atoms with van der Waals surface area (Å²) in [5.74, 6) is -0.403. The zero-order valence-electron chi connectivity index (χ0n) is 12.3. The van der Waals surface area contributed by atoms with Crippen molar-refractivity contribution >= 4 is 23.4 Å². The zero-order valence-corrected chi connectivity index (χ0v) is 13.1. The van der Waals surface area contributed by atoms with Gasteiger partial charge in [-0.05, 0) is 12.1 Å². The Morgan fingerprint density at radius 3 is 2.48 bits per heavy atom. The number of aromatic nitrogens is 1. The van der Waals surface area contributed by atoms with E-state index in [4.69, 9.17) is 0 Å². The fourth-order valence-electron chi connectivity index (χ4n) is 1.78. The van der Waals surface area contributed by atoms with E-state index in [9.17, 15) is 14.7 Å². The van der Waals surface area contributed by atoms with Crippen LogP contribution >= 0.6 is 0 Å². The van der Waals surface area contributed by atoms with E-state index in [1.807, 2.05) is 18.2 Å².